The fourth-order valence-electron chi connectivity index (χ4n) is 3.04. The number of carbonyl (C=O) groups excluding carboxylic acids is 1. The third-order valence-corrected chi connectivity index (χ3v) is 5.80. The molecule has 2 aromatic carbocycles. The summed E-state index contributed by atoms with van der Waals surface area (Å²) in [4.78, 5) is 38.4. The predicted octanol–water partition coefficient (Wildman–Crippen LogP) is 4.03. The van der Waals surface area contributed by atoms with Crippen molar-refractivity contribution in [2.45, 2.75) is 6.54 Å². The van der Waals surface area contributed by atoms with Gasteiger partial charge >= 0.3 is 5.69 Å². The normalized spacial score (nSPS) is 11.1. The van der Waals surface area contributed by atoms with Crippen LogP contribution in [-0.2, 0) is 11.3 Å². The molecule has 0 fully saturated rings. The van der Waals surface area contributed by atoms with Gasteiger partial charge in [0, 0.05) is 10.5 Å². The van der Waals surface area contributed by atoms with Crippen LogP contribution in [0.15, 0.2) is 61.9 Å². The number of aromatic nitrogens is 2. The maximum Gasteiger partial charge on any atom is 0.336 e. The largest absolute Gasteiger partial charge is 0.336 e. The number of hydrogen-bond acceptors (Lipinski definition) is 4. The van der Waals surface area contributed by atoms with E-state index in [9.17, 15) is 27.6 Å². The molecule has 11 heteroatoms. The van der Waals surface area contributed by atoms with E-state index in [-0.39, 0.29) is 15.9 Å². The number of amides is 1. The first-order chi connectivity index (χ1) is 14.8. The van der Waals surface area contributed by atoms with Crippen LogP contribution in [0.25, 0.3) is 15.9 Å². The number of nitrogens with one attached hydrogen (secondary N) is 1. The summed E-state index contributed by atoms with van der Waals surface area (Å²) in [6.07, 6.45) is 0. The zero-order valence-electron chi connectivity index (χ0n) is 15.4. The minimum Gasteiger partial charge on any atom is -0.322 e. The SMILES string of the molecule is O=C(Cn1c(=O)n(-c2ccc(F)cc2F)c(=O)c2sccc21)Nc1ccc(Br)cc1F. The highest BCUT2D eigenvalue weighted by Crippen LogP contribution is 2.20. The number of benzene rings is 2. The van der Waals surface area contributed by atoms with Crippen LogP contribution in [0.3, 0.4) is 0 Å². The van der Waals surface area contributed by atoms with Gasteiger partial charge in [-0.1, -0.05) is 15.9 Å². The van der Waals surface area contributed by atoms with E-state index in [4.69, 9.17) is 0 Å². The van der Waals surface area contributed by atoms with Gasteiger partial charge < -0.3 is 5.32 Å². The van der Waals surface area contributed by atoms with Gasteiger partial charge in [0.05, 0.1) is 16.9 Å². The molecule has 0 unspecified atom stereocenters. The van der Waals surface area contributed by atoms with E-state index >= 15 is 0 Å². The summed E-state index contributed by atoms with van der Waals surface area (Å²) in [5.74, 6) is -3.40. The number of hydrogen-bond donors (Lipinski definition) is 1. The van der Waals surface area contributed by atoms with Gasteiger partial charge in [-0.25, -0.2) is 22.5 Å². The van der Waals surface area contributed by atoms with Crippen molar-refractivity contribution >= 4 is 49.1 Å². The Kier molecular flexibility index (Phi) is 5.54. The number of rotatable bonds is 4. The van der Waals surface area contributed by atoms with E-state index in [0.29, 0.717) is 15.1 Å². The summed E-state index contributed by atoms with van der Waals surface area (Å²) in [5.41, 5.74) is -2.16. The van der Waals surface area contributed by atoms with Crippen molar-refractivity contribution in [1.29, 1.82) is 0 Å². The number of nitrogens with zero attached hydrogens (tertiary/aromatic N) is 2. The standard InChI is InChI=1S/C20H11BrF3N3O3S/c21-10-1-3-14(12(23)7-10)25-17(28)9-26-16-5-6-31-18(16)19(29)27(20(26)30)15-4-2-11(22)8-13(15)24/h1-8H,9H2,(H,25,28). The van der Waals surface area contributed by atoms with E-state index in [1.54, 1.807) is 5.38 Å². The second kappa shape index (κ2) is 8.16. The molecule has 0 radical (unpaired) electrons. The van der Waals surface area contributed by atoms with Crippen molar-refractivity contribution in [1.82, 2.24) is 9.13 Å². The fraction of sp³-hybridized carbons (Fsp3) is 0.0500. The molecule has 2 heterocycles. The molecule has 158 valence electrons. The van der Waals surface area contributed by atoms with Crippen LogP contribution in [0.2, 0.25) is 0 Å². The second-order valence-electron chi connectivity index (χ2n) is 6.41. The Labute approximate surface area is 184 Å². The topological polar surface area (TPSA) is 73.1 Å². The average Bonchev–Trinajstić information content (AvgIpc) is 3.19. The lowest BCUT2D eigenvalue weighted by Crippen LogP contribution is -2.40. The third kappa shape index (κ3) is 3.93. The van der Waals surface area contributed by atoms with Crippen LogP contribution >= 0.6 is 27.3 Å². The van der Waals surface area contributed by atoms with E-state index in [1.807, 2.05) is 0 Å². The summed E-state index contributed by atoms with van der Waals surface area (Å²) in [6, 6.07) is 7.94. The summed E-state index contributed by atoms with van der Waals surface area (Å²) in [6.45, 7) is -0.565. The Bertz CT molecular complexity index is 1460. The first-order valence-corrected chi connectivity index (χ1v) is 10.4. The molecule has 2 aromatic heterocycles. The van der Waals surface area contributed by atoms with Gasteiger partial charge in [0.2, 0.25) is 5.91 Å². The number of thiophene rings is 1. The van der Waals surface area contributed by atoms with Gasteiger partial charge in [-0.2, -0.15) is 0 Å². The van der Waals surface area contributed by atoms with Crippen LogP contribution in [0.4, 0.5) is 18.9 Å². The fourth-order valence-corrected chi connectivity index (χ4v) is 4.20. The summed E-state index contributed by atoms with van der Waals surface area (Å²) >= 11 is 4.12. The molecular formula is C20H11BrF3N3O3S. The zero-order valence-corrected chi connectivity index (χ0v) is 17.8. The summed E-state index contributed by atoms with van der Waals surface area (Å²) in [5, 5.41) is 3.90. The van der Waals surface area contributed by atoms with Gasteiger partial charge in [0.15, 0.2) is 0 Å². The van der Waals surface area contributed by atoms with Crippen LogP contribution in [0.5, 0.6) is 0 Å². The minimum absolute atomic E-state index is 0.0966. The highest BCUT2D eigenvalue weighted by molar-refractivity contribution is 9.10. The Morgan fingerprint density at radius 3 is 2.52 bits per heavy atom. The average molecular weight is 510 g/mol. The Morgan fingerprint density at radius 2 is 1.81 bits per heavy atom. The van der Waals surface area contributed by atoms with Gasteiger partial charge in [0.1, 0.15) is 28.7 Å². The molecule has 1 amide bonds. The first-order valence-electron chi connectivity index (χ1n) is 8.69. The van der Waals surface area contributed by atoms with Crippen LogP contribution in [-0.4, -0.2) is 15.0 Å². The minimum atomic E-state index is -1.11. The van der Waals surface area contributed by atoms with Gasteiger partial charge in [-0.15, -0.1) is 11.3 Å². The Morgan fingerprint density at radius 1 is 1.03 bits per heavy atom. The molecule has 1 N–H and O–H groups in total. The van der Waals surface area contributed by atoms with E-state index in [0.717, 1.165) is 34.1 Å². The highest BCUT2D eigenvalue weighted by Gasteiger charge is 2.20. The van der Waals surface area contributed by atoms with Crippen molar-refractivity contribution in [3.8, 4) is 5.69 Å². The highest BCUT2D eigenvalue weighted by atomic mass is 79.9. The molecule has 0 saturated heterocycles. The van der Waals surface area contributed by atoms with Crippen molar-refractivity contribution < 1.29 is 18.0 Å². The molecule has 0 aliphatic heterocycles. The molecule has 31 heavy (non-hydrogen) atoms. The molecule has 6 nitrogen and oxygen atoms in total. The predicted molar refractivity (Wildman–Crippen MR) is 114 cm³/mol. The van der Waals surface area contributed by atoms with Crippen LogP contribution < -0.4 is 16.6 Å². The quantitative estimate of drug-likeness (QED) is 0.451. The van der Waals surface area contributed by atoms with Crippen LogP contribution in [0.1, 0.15) is 0 Å². The first kappa shape index (κ1) is 21.1. The lowest BCUT2D eigenvalue weighted by atomic mass is 10.3. The van der Waals surface area contributed by atoms with E-state index in [1.165, 1.54) is 18.2 Å². The smallest absolute Gasteiger partial charge is 0.322 e. The monoisotopic (exact) mass is 509 g/mol. The van der Waals surface area contributed by atoms with Crippen molar-refractivity contribution in [3.05, 3.63) is 90.6 Å². The van der Waals surface area contributed by atoms with Gasteiger partial charge in [-0.05, 0) is 41.8 Å². The second-order valence-corrected chi connectivity index (χ2v) is 8.24. The van der Waals surface area contributed by atoms with E-state index < -0.39 is 46.8 Å². The Balaban J connectivity index is 1.81. The number of fused-ring (bicyclic) bond motifs is 1. The van der Waals surface area contributed by atoms with E-state index in [2.05, 4.69) is 21.2 Å². The third-order valence-electron chi connectivity index (χ3n) is 4.41. The maximum atomic E-state index is 14.3. The molecule has 4 aromatic rings. The lowest BCUT2D eigenvalue weighted by molar-refractivity contribution is -0.116. The maximum absolute atomic E-state index is 14.3. The molecule has 0 atom stereocenters. The van der Waals surface area contributed by atoms with Gasteiger partial charge in [-0.3, -0.25) is 14.2 Å². The molecule has 0 aliphatic carbocycles. The lowest BCUT2D eigenvalue weighted by Gasteiger charge is -2.13. The Hall–Kier alpha value is -3.18. The number of carbonyl (C=O) groups is 1. The molecule has 0 spiro atoms. The van der Waals surface area contributed by atoms with Crippen molar-refractivity contribution in [3.63, 3.8) is 0 Å². The number of halogens is 4. The zero-order chi connectivity index (χ0) is 22.3. The molecule has 0 bridgehead atoms. The molecule has 0 aliphatic rings. The number of anilines is 1. The van der Waals surface area contributed by atoms with Crippen LogP contribution in [0, 0.1) is 17.5 Å². The molecule has 4 rings (SSSR count). The van der Waals surface area contributed by atoms with Gasteiger partial charge in [0.25, 0.3) is 5.56 Å². The molecular weight excluding hydrogens is 499 g/mol. The van der Waals surface area contributed by atoms with Crippen molar-refractivity contribution in [2.75, 3.05) is 5.32 Å². The van der Waals surface area contributed by atoms with Crippen molar-refractivity contribution in [2.24, 2.45) is 0 Å². The summed E-state index contributed by atoms with van der Waals surface area (Å²) in [7, 11) is 0. The summed E-state index contributed by atoms with van der Waals surface area (Å²) < 4.78 is 43.7. The molecule has 0 saturated carbocycles.